The first-order chi connectivity index (χ1) is 10.4. The topological polar surface area (TPSA) is 43.9 Å². The fourth-order valence-electron chi connectivity index (χ4n) is 3.30. The summed E-state index contributed by atoms with van der Waals surface area (Å²) >= 11 is 6.24. The van der Waals surface area contributed by atoms with Crippen molar-refractivity contribution in [3.05, 3.63) is 44.8 Å². The lowest BCUT2D eigenvalue weighted by molar-refractivity contribution is -0.928. The highest BCUT2D eigenvalue weighted by atomic mass is 35.5. The lowest BCUT2D eigenvalue weighted by atomic mass is 10.1. The van der Waals surface area contributed by atoms with Crippen LogP contribution in [0.5, 0.6) is 0 Å². The largest absolute Gasteiger partial charge is 0.423 e. The number of nitrogens with one attached hydrogen (secondary N) is 1. The van der Waals surface area contributed by atoms with Gasteiger partial charge in [0.25, 0.3) is 0 Å². The zero-order valence-corrected chi connectivity index (χ0v) is 13.9. The molecule has 118 valence electrons. The molecule has 1 aromatic carbocycles. The average molecular weight is 323 g/mol. The van der Waals surface area contributed by atoms with Gasteiger partial charge in [-0.2, -0.15) is 0 Å². The highest BCUT2D eigenvalue weighted by Crippen LogP contribution is 2.24. The summed E-state index contributed by atoms with van der Waals surface area (Å²) in [7, 11) is 0. The molecule has 1 saturated heterocycles. The third kappa shape index (κ3) is 3.19. The Labute approximate surface area is 134 Å². The first kappa shape index (κ1) is 15.5. The summed E-state index contributed by atoms with van der Waals surface area (Å²) in [4.78, 5) is 13.2. The van der Waals surface area contributed by atoms with Gasteiger partial charge in [-0.15, -0.1) is 0 Å². The molecule has 1 fully saturated rings. The van der Waals surface area contributed by atoms with Crippen molar-refractivity contribution in [2.24, 2.45) is 0 Å². The Balaban J connectivity index is 1.99. The van der Waals surface area contributed by atoms with Gasteiger partial charge in [-0.25, -0.2) is 4.79 Å². The van der Waals surface area contributed by atoms with Gasteiger partial charge in [-0.3, -0.25) is 0 Å². The number of hydrogen-bond donors (Lipinski definition) is 1. The summed E-state index contributed by atoms with van der Waals surface area (Å²) < 4.78 is 11.1. The minimum absolute atomic E-state index is 0.232. The molecular formula is C17H21ClNO3+. The molecule has 1 N–H and O–H groups in total. The number of ether oxygens (including phenoxy) is 1. The Morgan fingerprint density at radius 2 is 1.91 bits per heavy atom. The number of hydrogen-bond acceptors (Lipinski definition) is 3. The van der Waals surface area contributed by atoms with Crippen LogP contribution >= 0.6 is 11.6 Å². The Morgan fingerprint density at radius 1 is 1.23 bits per heavy atom. The van der Waals surface area contributed by atoms with E-state index in [0.717, 1.165) is 36.1 Å². The zero-order valence-electron chi connectivity index (χ0n) is 13.1. The third-order valence-electron chi connectivity index (χ3n) is 4.17. The minimum atomic E-state index is -0.307. The van der Waals surface area contributed by atoms with E-state index in [1.165, 1.54) is 4.90 Å². The number of morpholine rings is 1. The second-order valence-electron chi connectivity index (χ2n) is 6.28. The maximum absolute atomic E-state index is 11.8. The molecule has 22 heavy (non-hydrogen) atoms. The smallest absolute Gasteiger partial charge is 0.336 e. The van der Waals surface area contributed by atoms with E-state index < -0.39 is 0 Å². The molecule has 2 atom stereocenters. The van der Waals surface area contributed by atoms with E-state index in [4.69, 9.17) is 20.8 Å². The highest BCUT2D eigenvalue weighted by molar-refractivity contribution is 6.32. The number of fused-ring (bicyclic) bond motifs is 1. The van der Waals surface area contributed by atoms with Crippen LogP contribution in [-0.2, 0) is 11.3 Å². The molecule has 3 rings (SSSR count). The second-order valence-corrected chi connectivity index (χ2v) is 6.69. The molecule has 1 aliphatic rings. The van der Waals surface area contributed by atoms with Gasteiger partial charge >= 0.3 is 5.63 Å². The quantitative estimate of drug-likeness (QED) is 0.860. The molecule has 2 heterocycles. The fourth-order valence-corrected chi connectivity index (χ4v) is 3.46. The van der Waals surface area contributed by atoms with Crippen molar-refractivity contribution in [2.45, 2.75) is 39.5 Å². The van der Waals surface area contributed by atoms with Crippen LogP contribution in [0.4, 0.5) is 0 Å². The van der Waals surface area contributed by atoms with Crippen molar-refractivity contribution in [1.82, 2.24) is 0 Å². The van der Waals surface area contributed by atoms with Crippen LogP contribution in [0.15, 0.2) is 27.4 Å². The highest BCUT2D eigenvalue weighted by Gasteiger charge is 2.26. The summed E-state index contributed by atoms with van der Waals surface area (Å²) in [5, 5.41) is 1.62. The SMILES string of the molecule is Cc1cc2oc(=O)cc(C[NH+]3C[C@H](C)O[C@@H](C)C3)c2cc1Cl. The Kier molecular flexibility index (Phi) is 4.26. The molecule has 1 aromatic heterocycles. The molecule has 0 amide bonds. The number of aryl methyl sites for hydroxylation is 1. The van der Waals surface area contributed by atoms with Crippen molar-refractivity contribution in [3.8, 4) is 0 Å². The van der Waals surface area contributed by atoms with E-state index in [9.17, 15) is 4.79 Å². The van der Waals surface area contributed by atoms with Crippen LogP contribution in [0, 0.1) is 6.92 Å². The molecule has 4 nitrogen and oxygen atoms in total. The van der Waals surface area contributed by atoms with E-state index in [-0.39, 0.29) is 17.8 Å². The van der Waals surface area contributed by atoms with Gasteiger partial charge in [-0.1, -0.05) is 11.6 Å². The van der Waals surface area contributed by atoms with Crippen LogP contribution in [0.3, 0.4) is 0 Å². The maximum atomic E-state index is 11.8. The van der Waals surface area contributed by atoms with Gasteiger partial charge in [0.05, 0.1) is 0 Å². The summed E-state index contributed by atoms with van der Waals surface area (Å²) in [6.07, 6.45) is 0.465. The summed E-state index contributed by atoms with van der Waals surface area (Å²) in [6.45, 7) is 8.74. The monoisotopic (exact) mass is 322 g/mol. The predicted molar refractivity (Wildman–Crippen MR) is 86.6 cm³/mol. The lowest BCUT2D eigenvalue weighted by Gasteiger charge is -2.32. The van der Waals surface area contributed by atoms with Gasteiger partial charge in [0.1, 0.15) is 37.4 Å². The predicted octanol–water partition coefficient (Wildman–Crippen LogP) is 1.95. The maximum Gasteiger partial charge on any atom is 0.336 e. The zero-order chi connectivity index (χ0) is 15.9. The number of benzene rings is 1. The molecule has 0 bridgehead atoms. The van der Waals surface area contributed by atoms with Crippen molar-refractivity contribution < 1.29 is 14.1 Å². The minimum Gasteiger partial charge on any atom is -0.423 e. The molecule has 0 radical (unpaired) electrons. The molecule has 5 heteroatoms. The van der Waals surface area contributed by atoms with Gasteiger partial charge in [-0.05, 0) is 38.5 Å². The van der Waals surface area contributed by atoms with Crippen molar-refractivity contribution in [1.29, 1.82) is 0 Å². The number of halogens is 1. The molecule has 0 aliphatic carbocycles. The molecule has 0 saturated carbocycles. The van der Waals surface area contributed by atoms with Gasteiger partial charge in [0.15, 0.2) is 0 Å². The first-order valence-corrected chi connectivity index (χ1v) is 8.02. The standard InChI is InChI=1S/C17H20ClNO3/c1-10-4-16-14(6-15(10)18)13(5-17(20)22-16)9-19-7-11(2)21-12(3)8-19/h4-6,11-12H,7-9H2,1-3H3/p+1/t11-,12-/m0/s1. The van der Waals surface area contributed by atoms with E-state index in [1.807, 2.05) is 19.1 Å². The second kappa shape index (κ2) is 6.03. The van der Waals surface area contributed by atoms with Gasteiger partial charge < -0.3 is 14.1 Å². The van der Waals surface area contributed by atoms with Crippen LogP contribution in [-0.4, -0.2) is 25.3 Å². The number of rotatable bonds is 2. The molecule has 1 aliphatic heterocycles. The van der Waals surface area contributed by atoms with E-state index in [0.29, 0.717) is 10.6 Å². The summed E-state index contributed by atoms with van der Waals surface area (Å²) in [6, 6.07) is 5.32. The lowest BCUT2D eigenvalue weighted by Crippen LogP contribution is -3.14. The van der Waals surface area contributed by atoms with Crippen LogP contribution in [0.1, 0.15) is 25.0 Å². The van der Waals surface area contributed by atoms with Crippen LogP contribution < -0.4 is 10.5 Å². The van der Waals surface area contributed by atoms with Crippen molar-refractivity contribution in [2.75, 3.05) is 13.1 Å². The molecule has 2 aromatic rings. The Morgan fingerprint density at radius 3 is 2.59 bits per heavy atom. The van der Waals surface area contributed by atoms with E-state index in [2.05, 4.69) is 13.8 Å². The van der Waals surface area contributed by atoms with E-state index in [1.54, 1.807) is 6.07 Å². The first-order valence-electron chi connectivity index (χ1n) is 7.64. The Bertz CT molecular complexity index is 745. The van der Waals surface area contributed by atoms with Gasteiger partial charge in [0, 0.05) is 22.0 Å². The van der Waals surface area contributed by atoms with Crippen LogP contribution in [0.2, 0.25) is 5.02 Å². The van der Waals surface area contributed by atoms with Gasteiger partial charge in [0.2, 0.25) is 0 Å². The average Bonchev–Trinajstić information content (AvgIpc) is 2.39. The summed E-state index contributed by atoms with van der Waals surface area (Å²) in [5.41, 5.74) is 2.20. The number of quaternary nitrogens is 1. The molecular weight excluding hydrogens is 302 g/mol. The van der Waals surface area contributed by atoms with E-state index >= 15 is 0 Å². The summed E-state index contributed by atoms with van der Waals surface area (Å²) in [5.74, 6) is 0. The fraction of sp³-hybridized carbons (Fsp3) is 0.471. The Hall–Kier alpha value is -1.36. The molecule has 0 unspecified atom stereocenters. The van der Waals surface area contributed by atoms with Crippen molar-refractivity contribution >= 4 is 22.6 Å². The molecule has 0 spiro atoms. The third-order valence-corrected chi connectivity index (χ3v) is 4.57. The van der Waals surface area contributed by atoms with Crippen molar-refractivity contribution in [3.63, 3.8) is 0 Å². The normalized spacial score (nSPS) is 25.5. The van der Waals surface area contributed by atoms with Crippen LogP contribution in [0.25, 0.3) is 11.0 Å².